The SMILES string of the molecule is C=CCC(O)CNS(=O)(=O)c1ccc(C)cc1. The zero-order valence-electron chi connectivity index (χ0n) is 9.76. The van der Waals surface area contributed by atoms with Crippen LogP contribution in [0.15, 0.2) is 41.8 Å². The van der Waals surface area contributed by atoms with Crippen molar-refractivity contribution in [3.8, 4) is 0 Å². The normalized spacial score (nSPS) is 13.3. The van der Waals surface area contributed by atoms with Crippen molar-refractivity contribution in [1.82, 2.24) is 4.72 Å². The third kappa shape index (κ3) is 4.30. The molecule has 17 heavy (non-hydrogen) atoms. The quantitative estimate of drug-likeness (QED) is 0.751. The molecule has 1 atom stereocenters. The fourth-order valence-corrected chi connectivity index (χ4v) is 2.36. The molecule has 0 spiro atoms. The molecule has 0 aliphatic carbocycles. The Bertz CT molecular complexity index is 465. The lowest BCUT2D eigenvalue weighted by molar-refractivity contribution is 0.182. The minimum Gasteiger partial charge on any atom is -0.391 e. The van der Waals surface area contributed by atoms with Gasteiger partial charge in [0.05, 0.1) is 11.0 Å². The smallest absolute Gasteiger partial charge is 0.240 e. The second-order valence-electron chi connectivity index (χ2n) is 3.84. The zero-order valence-corrected chi connectivity index (χ0v) is 10.6. The summed E-state index contributed by atoms with van der Waals surface area (Å²) >= 11 is 0. The van der Waals surface area contributed by atoms with Crippen molar-refractivity contribution in [3.63, 3.8) is 0 Å². The van der Waals surface area contributed by atoms with Crippen molar-refractivity contribution < 1.29 is 13.5 Å². The van der Waals surface area contributed by atoms with E-state index < -0.39 is 16.1 Å². The fourth-order valence-electron chi connectivity index (χ4n) is 1.28. The van der Waals surface area contributed by atoms with Crippen LogP contribution in [0.5, 0.6) is 0 Å². The van der Waals surface area contributed by atoms with Gasteiger partial charge in [0.25, 0.3) is 0 Å². The van der Waals surface area contributed by atoms with Crippen LogP contribution >= 0.6 is 0 Å². The molecule has 1 rings (SSSR count). The Hall–Kier alpha value is -1.17. The van der Waals surface area contributed by atoms with E-state index in [-0.39, 0.29) is 11.4 Å². The minimum atomic E-state index is -3.53. The highest BCUT2D eigenvalue weighted by Crippen LogP contribution is 2.09. The van der Waals surface area contributed by atoms with Gasteiger partial charge in [-0.3, -0.25) is 0 Å². The highest BCUT2D eigenvalue weighted by Gasteiger charge is 2.14. The first-order chi connectivity index (χ1) is 7.95. The van der Waals surface area contributed by atoms with Crippen molar-refractivity contribution >= 4 is 10.0 Å². The van der Waals surface area contributed by atoms with Gasteiger partial charge in [-0.25, -0.2) is 13.1 Å². The maximum absolute atomic E-state index is 11.8. The lowest BCUT2D eigenvalue weighted by atomic mass is 10.2. The molecule has 1 aromatic rings. The molecule has 2 N–H and O–H groups in total. The van der Waals surface area contributed by atoms with E-state index in [2.05, 4.69) is 11.3 Å². The van der Waals surface area contributed by atoms with E-state index in [4.69, 9.17) is 0 Å². The van der Waals surface area contributed by atoms with Crippen molar-refractivity contribution in [3.05, 3.63) is 42.5 Å². The summed E-state index contributed by atoms with van der Waals surface area (Å²) in [4.78, 5) is 0.203. The molecule has 0 saturated carbocycles. The summed E-state index contributed by atoms with van der Waals surface area (Å²) in [5, 5.41) is 9.41. The molecule has 0 amide bonds. The summed E-state index contributed by atoms with van der Waals surface area (Å²) in [5.74, 6) is 0. The summed E-state index contributed by atoms with van der Waals surface area (Å²) in [5.41, 5.74) is 0.996. The molecule has 1 unspecified atom stereocenters. The van der Waals surface area contributed by atoms with Gasteiger partial charge in [0.2, 0.25) is 10.0 Å². The van der Waals surface area contributed by atoms with Gasteiger partial charge in [0.1, 0.15) is 0 Å². The average Bonchev–Trinajstić information content (AvgIpc) is 2.28. The van der Waals surface area contributed by atoms with Gasteiger partial charge in [-0.1, -0.05) is 23.8 Å². The van der Waals surface area contributed by atoms with Crippen LogP contribution in [0, 0.1) is 6.92 Å². The second kappa shape index (κ2) is 5.95. The summed E-state index contributed by atoms with van der Waals surface area (Å²) in [6.45, 7) is 5.35. The summed E-state index contributed by atoms with van der Waals surface area (Å²) in [7, 11) is -3.53. The number of aliphatic hydroxyl groups is 1. The van der Waals surface area contributed by atoms with Gasteiger partial charge in [-0.05, 0) is 25.5 Å². The molecular weight excluding hydrogens is 238 g/mol. The first-order valence-corrected chi connectivity index (χ1v) is 6.79. The summed E-state index contributed by atoms with van der Waals surface area (Å²) in [6.07, 6.45) is 1.16. The highest BCUT2D eigenvalue weighted by molar-refractivity contribution is 7.89. The van der Waals surface area contributed by atoms with Crippen LogP contribution in [0.25, 0.3) is 0 Å². The van der Waals surface area contributed by atoms with Gasteiger partial charge in [0.15, 0.2) is 0 Å². The van der Waals surface area contributed by atoms with E-state index in [0.29, 0.717) is 6.42 Å². The molecule has 0 heterocycles. The number of sulfonamides is 1. The number of aryl methyl sites for hydroxylation is 1. The Labute approximate surface area is 102 Å². The van der Waals surface area contributed by atoms with Gasteiger partial charge >= 0.3 is 0 Å². The van der Waals surface area contributed by atoms with Crippen LogP contribution in [0.4, 0.5) is 0 Å². The molecule has 0 aliphatic rings. The van der Waals surface area contributed by atoms with E-state index in [1.54, 1.807) is 18.2 Å². The van der Waals surface area contributed by atoms with Gasteiger partial charge < -0.3 is 5.11 Å². The van der Waals surface area contributed by atoms with Crippen molar-refractivity contribution in [2.45, 2.75) is 24.3 Å². The number of hydrogen-bond donors (Lipinski definition) is 2. The molecule has 0 saturated heterocycles. The number of nitrogens with one attached hydrogen (secondary N) is 1. The predicted molar refractivity (Wildman–Crippen MR) is 67.2 cm³/mol. The summed E-state index contributed by atoms with van der Waals surface area (Å²) < 4.78 is 26.0. The van der Waals surface area contributed by atoms with Crippen LogP contribution in [-0.4, -0.2) is 26.2 Å². The lowest BCUT2D eigenvalue weighted by Crippen LogP contribution is -2.31. The van der Waals surface area contributed by atoms with Gasteiger partial charge in [-0.2, -0.15) is 0 Å². The van der Waals surface area contributed by atoms with E-state index in [9.17, 15) is 13.5 Å². The first-order valence-electron chi connectivity index (χ1n) is 5.31. The largest absolute Gasteiger partial charge is 0.391 e. The number of benzene rings is 1. The van der Waals surface area contributed by atoms with Crippen molar-refractivity contribution in [2.75, 3.05) is 6.54 Å². The minimum absolute atomic E-state index is 0.0117. The number of aliphatic hydroxyl groups excluding tert-OH is 1. The molecule has 0 fully saturated rings. The molecule has 94 valence electrons. The Balaban J connectivity index is 2.69. The second-order valence-corrected chi connectivity index (χ2v) is 5.61. The Kier molecular flexibility index (Phi) is 4.86. The molecule has 4 nitrogen and oxygen atoms in total. The maximum Gasteiger partial charge on any atom is 0.240 e. The van der Waals surface area contributed by atoms with Crippen molar-refractivity contribution in [2.24, 2.45) is 0 Å². The Morgan fingerprint density at radius 3 is 2.53 bits per heavy atom. The molecule has 0 radical (unpaired) electrons. The number of hydrogen-bond acceptors (Lipinski definition) is 3. The first kappa shape index (κ1) is 13.9. The zero-order chi connectivity index (χ0) is 12.9. The monoisotopic (exact) mass is 255 g/mol. The molecule has 1 aromatic carbocycles. The number of rotatable bonds is 6. The topological polar surface area (TPSA) is 66.4 Å². The standard InChI is InChI=1S/C12H17NO3S/c1-3-4-11(14)9-13-17(15,16)12-7-5-10(2)6-8-12/h3,5-8,11,13-14H,1,4,9H2,2H3. The average molecular weight is 255 g/mol. The highest BCUT2D eigenvalue weighted by atomic mass is 32.2. The molecule has 0 aromatic heterocycles. The Morgan fingerprint density at radius 1 is 1.41 bits per heavy atom. The lowest BCUT2D eigenvalue weighted by Gasteiger charge is -2.10. The third-order valence-corrected chi connectivity index (χ3v) is 3.72. The van der Waals surface area contributed by atoms with Gasteiger partial charge in [0, 0.05) is 6.54 Å². The van der Waals surface area contributed by atoms with Crippen LogP contribution in [0.3, 0.4) is 0 Å². The van der Waals surface area contributed by atoms with E-state index in [1.165, 1.54) is 12.1 Å². The van der Waals surface area contributed by atoms with E-state index in [1.807, 2.05) is 6.92 Å². The van der Waals surface area contributed by atoms with E-state index in [0.717, 1.165) is 5.56 Å². The molecule has 0 aliphatic heterocycles. The van der Waals surface area contributed by atoms with Crippen LogP contribution in [0.2, 0.25) is 0 Å². The third-order valence-electron chi connectivity index (χ3n) is 2.28. The fraction of sp³-hybridized carbons (Fsp3) is 0.333. The summed E-state index contributed by atoms with van der Waals surface area (Å²) in [6, 6.07) is 6.54. The van der Waals surface area contributed by atoms with Crippen LogP contribution in [0.1, 0.15) is 12.0 Å². The van der Waals surface area contributed by atoms with E-state index >= 15 is 0 Å². The predicted octanol–water partition coefficient (Wildman–Crippen LogP) is 1.21. The van der Waals surface area contributed by atoms with Crippen molar-refractivity contribution in [1.29, 1.82) is 0 Å². The van der Waals surface area contributed by atoms with Gasteiger partial charge in [-0.15, -0.1) is 6.58 Å². The molecule has 5 heteroatoms. The molecular formula is C12H17NO3S. The molecule has 0 bridgehead atoms. The van der Waals surface area contributed by atoms with Crippen LogP contribution in [-0.2, 0) is 10.0 Å². The Morgan fingerprint density at radius 2 is 2.00 bits per heavy atom. The maximum atomic E-state index is 11.8. The van der Waals surface area contributed by atoms with Crippen LogP contribution < -0.4 is 4.72 Å².